The summed E-state index contributed by atoms with van der Waals surface area (Å²) in [5.74, 6) is -0.0113. The number of piperidine rings is 1. The Morgan fingerprint density at radius 1 is 1.10 bits per heavy atom. The highest BCUT2D eigenvalue weighted by molar-refractivity contribution is 5.89. The van der Waals surface area contributed by atoms with Gasteiger partial charge in [-0.15, -0.1) is 0 Å². The number of rotatable bonds is 8. The molecule has 5 atom stereocenters. The lowest BCUT2D eigenvalue weighted by Gasteiger charge is -2.61. The van der Waals surface area contributed by atoms with Gasteiger partial charge in [-0.1, -0.05) is 6.07 Å². The average molecular weight is 687 g/mol. The molecule has 1 spiro atoms. The summed E-state index contributed by atoms with van der Waals surface area (Å²) in [6.07, 6.45) is 0.569. The fraction of sp³-hybridized carbons (Fsp3) is 0.657. The standard InChI is InChI=1S/C35H50N4O10/c1-32(2,3)48-25(40)19-38(8)29(41)21(18-36-30(42)49-33(4,5)6)39(9)31(43)46-23-13-14-35(44)24-17-20-11-12-22(45-10)27-26(20)34(35,28(23)47-27)15-16-37(24)7/h11-13,21,24,28,44H,14-19H2,1-10H3,(H,36,42)/t21-,24?,28-,34-,35+/m0/s1. The zero-order chi connectivity index (χ0) is 36.3. The number of nitrogens with one attached hydrogen (secondary N) is 1. The molecular weight excluding hydrogens is 636 g/mol. The summed E-state index contributed by atoms with van der Waals surface area (Å²) in [5, 5.41) is 15.0. The van der Waals surface area contributed by atoms with Crippen LogP contribution in [0.3, 0.4) is 0 Å². The minimum atomic E-state index is -1.29. The molecule has 4 aliphatic rings. The maximum Gasteiger partial charge on any atom is 0.415 e. The highest BCUT2D eigenvalue weighted by Crippen LogP contribution is 2.65. The van der Waals surface area contributed by atoms with Crippen LogP contribution in [-0.2, 0) is 35.6 Å². The minimum Gasteiger partial charge on any atom is -0.493 e. The number of amides is 3. The molecule has 14 nitrogen and oxygen atoms in total. The van der Waals surface area contributed by atoms with Crippen LogP contribution in [0.15, 0.2) is 24.0 Å². The van der Waals surface area contributed by atoms with E-state index in [9.17, 15) is 24.3 Å². The summed E-state index contributed by atoms with van der Waals surface area (Å²) < 4.78 is 29.0. The molecule has 49 heavy (non-hydrogen) atoms. The van der Waals surface area contributed by atoms with Crippen LogP contribution in [0.5, 0.6) is 11.5 Å². The third-order valence-corrected chi connectivity index (χ3v) is 9.80. The molecular formula is C35H50N4O10. The van der Waals surface area contributed by atoms with E-state index >= 15 is 0 Å². The molecule has 1 aromatic rings. The van der Waals surface area contributed by atoms with E-state index in [-0.39, 0.29) is 31.3 Å². The number of ether oxygens (including phenoxy) is 5. The number of likely N-dealkylation sites (tertiary alicyclic amines) is 1. The predicted octanol–water partition coefficient (Wildman–Crippen LogP) is 2.73. The molecule has 2 heterocycles. The molecule has 2 aliphatic heterocycles. The summed E-state index contributed by atoms with van der Waals surface area (Å²) in [4.78, 5) is 57.2. The van der Waals surface area contributed by atoms with Gasteiger partial charge in [0.1, 0.15) is 29.5 Å². The number of hydrogen-bond donors (Lipinski definition) is 2. The van der Waals surface area contributed by atoms with Crippen molar-refractivity contribution >= 4 is 24.1 Å². The Morgan fingerprint density at radius 2 is 1.78 bits per heavy atom. The van der Waals surface area contributed by atoms with Crippen molar-refractivity contribution in [3.05, 3.63) is 35.1 Å². The number of hydrogen-bond acceptors (Lipinski definition) is 11. The Hall–Kier alpha value is -4.04. The van der Waals surface area contributed by atoms with Gasteiger partial charge in [0, 0.05) is 32.1 Å². The number of methoxy groups -OCH3 is 1. The van der Waals surface area contributed by atoms with E-state index in [0.29, 0.717) is 30.9 Å². The van der Waals surface area contributed by atoms with Crippen LogP contribution in [0.2, 0.25) is 0 Å². The maximum absolute atomic E-state index is 13.9. The third-order valence-electron chi connectivity index (χ3n) is 9.80. The number of benzene rings is 1. The van der Waals surface area contributed by atoms with E-state index in [1.165, 1.54) is 14.1 Å². The maximum atomic E-state index is 13.9. The van der Waals surface area contributed by atoms with Crippen molar-refractivity contribution in [1.82, 2.24) is 20.0 Å². The number of carbonyl (C=O) groups excluding carboxylic acids is 4. The van der Waals surface area contributed by atoms with E-state index in [4.69, 9.17) is 23.7 Å². The van der Waals surface area contributed by atoms with Crippen molar-refractivity contribution in [2.45, 2.75) is 101 Å². The molecule has 1 unspecified atom stereocenters. The van der Waals surface area contributed by atoms with E-state index < -0.39 is 58.4 Å². The van der Waals surface area contributed by atoms with Gasteiger partial charge in [-0.2, -0.15) is 0 Å². The van der Waals surface area contributed by atoms with Gasteiger partial charge in [-0.25, -0.2) is 9.59 Å². The molecule has 2 N–H and O–H groups in total. The zero-order valence-corrected chi connectivity index (χ0v) is 30.2. The van der Waals surface area contributed by atoms with Gasteiger partial charge in [0.05, 0.1) is 24.7 Å². The Labute approximate surface area is 287 Å². The van der Waals surface area contributed by atoms with Crippen LogP contribution in [0.1, 0.15) is 65.5 Å². The van der Waals surface area contributed by atoms with Gasteiger partial charge >= 0.3 is 18.2 Å². The van der Waals surface area contributed by atoms with E-state index in [0.717, 1.165) is 20.9 Å². The second kappa shape index (κ2) is 12.7. The summed E-state index contributed by atoms with van der Waals surface area (Å²) in [5.41, 5.74) is -1.72. The third kappa shape index (κ3) is 6.52. The Kier molecular flexibility index (Phi) is 9.39. The highest BCUT2D eigenvalue weighted by atomic mass is 16.6. The molecule has 270 valence electrons. The van der Waals surface area contributed by atoms with Crippen LogP contribution in [-0.4, -0.2) is 127 Å². The summed E-state index contributed by atoms with van der Waals surface area (Å²) >= 11 is 0. The first kappa shape index (κ1) is 36.2. The molecule has 14 heteroatoms. The Morgan fingerprint density at radius 3 is 2.41 bits per heavy atom. The lowest BCUT2D eigenvalue weighted by atomic mass is 9.50. The van der Waals surface area contributed by atoms with E-state index in [1.807, 2.05) is 19.2 Å². The Bertz CT molecular complexity index is 1550. The molecule has 0 radical (unpaired) electrons. The molecule has 1 saturated heterocycles. The van der Waals surface area contributed by atoms with Crippen molar-refractivity contribution < 1.29 is 48.0 Å². The monoisotopic (exact) mass is 686 g/mol. The van der Waals surface area contributed by atoms with Gasteiger partial charge in [0.25, 0.3) is 0 Å². The first-order chi connectivity index (χ1) is 22.7. The number of alkyl carbamates (subject to hydrolysis) is 1. The van der Waals surface area contributed by atoms with E-state index in [1.54, 1.807) is 54.7 Å². The summed E-state index contributed by atoms with van der Waals surface area (Å²) in [6.45, 7) is 10.2. The SMILES string of the molecule is COc1ccc2c3c1O[C@H]1C(OC(=O)N(C)[C@@H](CNC(=O)OC(C)(C)C)C(=O)N(C)CC(=O)OC(C)(C)C)=CC[C@@]4(O)C(C2)N(C)CC[C@]314. The molecule has 3 amide bonds. The summed E-state index contributed by atoms with van der Waals surface area (Å²) in [6, 6.07) is 2.39. The van der Waals surface area contributed by atoms with Crippen LogP contribution in [0.4, 0.5) is 9.59 Å². The molecule has 1 fully saturated rings. The van der Waals surface area contributed by atoms with Gasteiger partial charge < -0.3 is 43.9 Å². The second-order valence-electron chi connectivity index (χ2n) is 15.4. The predicted molar refractivity (Wildman–Crippen MR) is 177 cm³/mol. The fourth-order valence-corrected chi connectivity index (χ4v) is 7.67. The second-order valence-corrected chi connectivity index (χ2v) is 15.4. The van der Waals surface area contributed by atoms with Crippen LogP contribution in [0, 0.1) is 0 Å². The van der Waals surface area contributed by atoms with Crippen molar-refractivity contribution in [3.8, 4) is 11.5 Å². The smallest absolute Gasteiger partial charge is 0.415 e. The van der Waals surface area contributed by atoms with Crippen molar-refractivity contribution in [3.63, 3.8) is 0 Å². The normalized spacial score (nSPS) is 25.9. The van der Waals surface area contributed by atoms with Gasteiger partial charge in [0.2, 0.25) is 5.91 Å². The van der Waals surface area contributed by atoms with E-state index in [2.05, 4.69) is 10.2 Å². The first-order valence-electron chi connectivity index (χ1n) is 16.6. The zero-order valence-electron chi connectivity index (χ0n) is 30.2. The lowest BCUT2D eigenvalue weighted by molar-refractivity contribution is -0.163. The van der Waals surface area contributed by atoms with Crippen LogP contribution >= 0.6 is 0 Å². The van der Waals surface area contributed by atoms with Gasteiger partial charge in [-0.05, 0) is 85.7 Å². The van der Waals surface area contributed by atoms with Crippen LogP contribution < -0.4 is 14.8 Å². The molecule has 0 saturated carbocycles. The fourth-order valence-electron chi connectivity index (χ4n) is 7.67. The van der Waals surface area contributed by atoms with Crippen molar-refractivity contribution in [2.75, 3.05) is 47.9 Å². The largest absolute Gasteiger partial charge is 0.493 e. The van der Waals surface area contributed by atoms with Crippen molar-refractivity contribution in [1.29, 1.82) is 0 Å². The molecule has 1 aromatic carbocycles. The van der Waals surface area contributed by atoms with Gasteiger partial charge in [0.15, 0.2) is 17.6 Å². The lowest BCUT2D eigenvalue weighted by Crippen LogP contribution is -2.74. The van der Waals surface area contributed by atoms with Gasteiger partial charge in [-0.3, -0.25) is 14.5 Å². The highest BCUT2D eigenvalue weighted by Gasteiger charge is 2.72. The quantitative estimate of drug-likeness (QED) is 0.306. The number of carbonyl (C=O) groups is 4. The average Bonchev–Trinajstić information content (AvgIpc) is 3.34. The van der Waals surface area contributed by atoms with Crippen molar-refractivity contribution in [2.24, 2.45) is 0 Å². The first-order valence-corrected chi connectivity index (χ1v) is 16.6. The number of aliphatic hydroxyl groups is 1. The number of nitrogens with zero attached hydrogens (tertiary/aromatic N) is 3. The molecule has 2 bridgehead atoms. The number of likely N-dealkylation sites (N-methyl/N-ethyl adjacent to an activating group) is 3. The molecule has 0 aromatic heterocycles. The summed E-state index contributed by atoms with van der Waals surface area (Å²) in [7, 11) is 6.34. The minimum absolute atomic E-state index is 0.184. The molecule has 5 rings (SSSR count). The number of esters is 1. The molecule has 2 aliphatic carbocycles. The topological polar surface area (TPSA) is 156 Å². The Balaban J connectivity index is 1.41. The van der Waals surface area contributed by atoms with Crippen LogP contribution in [0.25, 0.3) is 0 Å².